The Morgan fingerprint density at radius 2 is 0.861 bits per heavy atom. The van der Waals surface area contributed by atoms with E-state index in [1.54, 1.807) is 60.7 Å². The van der Waals surface area contributed by atoms with Crippen LogP contribution in [0.2, 0.25) is 0 Å². The second-order valence-corrected chi connectivity index (χ2v) is 8.04. The van der Waals surface area contributed by atoms with Gasteiger partial charge in [-0.3, -0.25) is 9.59 Å². The zero-order valence-corrected chi connectivity index (χ0v) is 19.7. The van der Waals surface area contributed by atoms with Crippen molar-refractivity contribution < 1.29 is 19.1 Å². The lowest BCUT2D eigenvalue weighted by Crippen LogP contribution is -1.97. The number of carbonyl (C=O) groups is 2. The molecular formula is C32H26O4. The topological polar surface area (TPSA) is 52.6 Å². The molecule has 0 saturated carbocycles. The molecule has 0 saturated heterocycles. The molecule has 0 aliphatic carbocycles. The number of benzene rings is 4. The third kappa shape index (κ3) is 7.40. The van der Waals surface area contributed by atoms with Crippen molar-refractivity contribution in [2.75, 3.05) is 0 Å². The lowest BCUT2D eigenvalue weighted by molar-refractivity contribution is 0.103. The maximum absolute atomic E-state index is 12.4. The third-order valence-electron chi connectivity index (χ3n) is 5.38. The van der Waals surface area contributed by atoms with Crippen molar-refractivity contribution in [2.45, 2.75) is 13.2 Å². The van der Waals surface area contributed by atoms with Crippen LogP contribution in [0.5, 0.6) is 11.5 Å². The molecule has 0 atom stereocenters. The summed E-state index contributed by atoms with van der Waals surface area (Å²) in [4.78, 5) is 24.8. The number of allylic oxidation sites excluding steroid dienone is 4. The summed E-state index contributed by atoms with van der Waals surface area (Å²) >= 11 is 0. The first-order valence-corrected chi connectivity index (χ1v) is 11.6. The molecule has 4 rings (SSSR count). The quantitative estimate of drug-likeness (QED) is 0.133. The van der Waals surface area contributed by atoms with Gasteiger partial charge in [0.1, 0.15) is 24.7 Å². The van der Waals surface area contributed by atoms with Crippen LogP contribution in [0.25, 0.3) is 0 Å². The molecule has 4 aromatic rings. The highest BCUT2D eigenvalue weighted by atomic mass is 16.5. The molecule has 36 heavy (non-hydrogen) atoms. The standard InChI is InChI=1S/C32H26O4/c33-31(27-15-19-29(20-16-27)35-23-25-9-3-1-4-10-25)13-7-8-14-32(34)28-17-21-30(22-18-28)36-24-26-11-5-2-6-12-26/h1-22H,23-24H2/b13-7+,14-8+. The predicted octanol–water partition coefficient (Wildman–Crippen LogP) is 7.02. The van der Waals surface area contributed by atoms with Crippen molar-refractivity contribution in [3.05, 3.63) is 156 Å². The largest absolute Gasteiger partial charge is 0.489 e. The van der Waals surface area contributed by atoms with Crippen LogP contribution in [-0.4, -0.2) is 11.6 Å². The molecule has 4 nitrogen and oxygen atoms in total. The van der Waals surface area contributed by atoms with Crippen molar-refractivity contribution in [1.29, 1.82) is 0 Å². The average Bonchev–Trinajstić information content (AvgIpc) is 2.94. The van der Waals surface area contributed by atoms with Gasteiger partial charge in [0.2, 0.25) is 0 Å². The maximum atomic E-state index is 12.4. The molecule has 0 aromatic heterocycles. The molecule has 4 aromatic carbocycles. The lowest BCUT2D eigenvalue weighted by Gasteiger charge is -2.06. The number of hydrogen-bond donors (Lipinski definition) is 0. The maximum Gasteiger partial charge on any atom is 0.185 e. The third-order valence-corrected chi connectivity index (χ3v) is 5.38. The van der Waals surface area contributed by atoms with Crippen LogP contribution >= 0.6 is 0 Å². The van der Waals surface area contributed by atoms with Crippen molar-refractivity contribution in [2.24, 2.45) is 0 Å². The lowest BCUT2D eigenvalue weighted by atomic mass is 10.1. The first-order chi connectivity index (χ1) is 17.7. The van der Waals surface area contributed by atoms with Crippen LogP contribution in [0.1, 0.15) is 31.8 Å². The van der Waals surface area contributed by atoms with E-state index in [4.69, 9.17) is 9.47 Å². The minimum absolute atomic E-state index is 0.151. The van der Waals surface area contributed by atoms with Crippen molar-refractivity contribution >= 4 is 11.6 Å². The summed E-state index contributed by atoms with van der Waals surface area (Å²) in [7, 11) is 0. The van der Waals surface area contributed by atoms with E-state index in [-0.39, 0.29) is 11.6 Å². The Labute approximate surface area is 211 Å². The van der Waals surface area contributed by atoms with Gasteiger partial charge < -0.3 is 9.47 Å². The van der Waals surface area contributed by atoms with Gasteiger partial charge >= 0.3 is 0 Å². The molecule has 178 valence electrons. The van der Waals surface area contributed by atoms with E-state index in [0.29, 0.717) is 35.8 Å². The molecule has 0 spiro atoms. The van der Waals surface area contributed by atoms with Gasteiger partial charge in [0, 0.05) is 11.1 Å². The fraction of sp³-hybridized carbons (Fsp3) is 0.0625. The van der Waals surface area contributed by atoms with E-state index in [2.05, 4.69) is 0 Å². The molecule has 0 heterocycles. The summed E-state index contributed by atoms with van der Waals surface area (Å²) in [5.74, 6) is 1.09. The van der Waals surface area contributed by atoms with E-state index in [1.807, 2.05) is 60.7 Å². The van der Waals surface area contributed by atoms with Crippen molar-refractivity contribution in [3.63, 3.8) is 0 Å². The SMILES string of the molecule is O=C(/C=C/C=C/C(=O)c1ccc(OCc2ccccc2)cc1)c1ccc(OCc2ccccc2)cc1. The minimum Gasteiger partial charge on any atom is -0.489 e. The number of hydrogen-bond acceptors (Lipinski definition) is 4. The summed E-state index contributed by atoms with van der Waals surface area (Å²) < 4.78 is 11.5. The smallest absolute Gasteiger partial charge is 0.185 e. The average molecular weight is 475 g/mol. The van der Waals surface area contributed by atoms with E-state index in [9.17, 15) is 9.59 Å². The van der Waals surface area contributed by atoms with E-state index in [0.717, 1.165) is 11.1 Å². The fourth-order valence-electron chi connectivity index (χ4n) is 3.39. The molecule has 0 N–H and O–H groups in total. The van der Waals surface area contributed by atoms with Gasteiger partial charge in [0.25, 0.3) is 0 Å². The van der Waals surface area contributed by atoms with Crippen molar-refractivity contribution in [1.82, 2.24) is 0 Å². The van der Waals surface area contributed by atoms with Gasteiger partial charge in [-0.2, -0.15) is 0 Å². The highest BCUT2D eigenvalue weighted by Gasteiger charge is 2.04. The van der Waals surface area contributed by atoms with Gasteiger partial charge in [-0.05, 0) is 71.8 Å². The molecule has 0 aliphatic rings. The molecular weight excluding hydrogens is 448 g/mol. The second kappa shape index (κ2) is 12.7. The zero-order valence-electron chi connectivity index (χ0n) is 19.7. The molecule has 0 aliphatic heterocycles. The minimum atomic E-state index is -0.151. The van der Waals surface area contributed by atoms with Crippen LogP contribution in [0.4, 0.5) is 0 Å². The van der Waals surface area contributed by atoms with Crippen LogP contribution in [-0.2, 0) is 13.2 Å². The zero-order chi connectivity index (χ0) is 25.0. The van der Waals surface area contributed by atoms with Crippen molar-refractivity contribution in [3.8, 4) is 11.5 Å². The Kier molecular flexibility index (Phi) is 8.60. The molecule has 0 amide bonds. The van der Waals surface area contributed by atoms with Crippen LogP contribution in [0.3, 0.4) is 0 Å². The Morgan fingerprint density at radius 1 is 0.500 bits per heavy atom. The normalized spacial score (nSPS) is 11.0. The molecule has 0 radical (unpaired) electrons. The van der Waals surface area contributed by atoms with Crippen LogP contribution < -0.4 is 9.47 Å². The molecule has 4 heteroatoms. The Hall–Kier alpha value is -4.70. The molecule has 0 fully saturated rings. The summed E-state index contributed by atoms with van der Waals surface area (Å²) in [5, 5.41) is 0. The number of rotatable bonds is 11. The summed E-state index contributed by atoms with van der Waals surface area (Å²) in [6.07, 6.45) is 6.00. The first kappa shape index (κ1) is 24.4. The Balaban J connectivity index is 1.24. The highest BCUT2D eigenvalue weighted by molar-refractivity contribution is 6.06. The van der Waals surface area contributed by atoms with Crippen LogP contribution in [0.15, 0.2) is 133 Å². The van der Waals surface area contributed by atoms with Crippen LogP contribution in [0, 0.1) is 0 Å². The van der Waals surface area contributed by atoms with Gasteiger partial charge in [-0.1, -0.05) is 72.8 Å². The van der Waals surface area contributed by atoms with Gasteiger partial charge in [-0.15, -0.1) is 0 Å². The Bertz CT molecular complexity index is 1210. The number of ketones is 2. The fourth-order valence-corrected chi connectivity index (χ4v) is 3.39. The van der Waals surface area contributed by atoms with Gasteiger partial charge in [0.05, 0.1) is 0 Å². The monoisotopic (exact) mass is 474 g/mol. The second-order valence-electron chi connectivity index (χ2n) is 8.04. The number of carbonyl (C=O) groups excluding carboxylic acids is 2. The first-order valence-electron chi connectivity index (χ1n) is 11.6. The van der Waals surface area contributed by atoms with Gasteiger partial charge in [-0.25, -0.2) is 0 Å². The summed E-state index contributed by atoms with van der Waals surface area (Å²) in [6, 6.07) is 33.8. The number of ether oxygens (including phenoxy) is 2. The summed E-state index contributed by atoms with van der Waals surface area (Å²) in [6.45, 7) is 0.937. The van der Waals surface area contributed by atoms with E-state index in [1.165, 1.54) is 12.2 Å². The van der Waals surface area contributed by atoms with Gasteiger partial charge in [0.15, 0.2) is 11.6 Å². The highest BCUT2D eigenvalue weighted by Crippen LogP contribution is 2.16. The Morgan fingerprint density at radius 3 is 1.22 bits per heavy atom. The predicted molar refractivity (Wildman–Crippen MR) is 141 cm³/mol. The summed E-state index contributed by atoms with van der Waals surface area (Å²) in [5.41, 5.74) is 3.25. The van der Waals surface area contributed by atoms with E-state index < -0.39 is 0 Å². The van der Waals surface area contributed by atoms with E-state index >= 15 is 0 Å². The molecule has 0 bridgehead atoms. The molecule has 0 unspecified atom stereocenters.